The number of carbonyl (C=O) groups excluding carboxylic acids is 1. The van der Waals surface area contributed by atoms with Gasteiger partial charge in [-0.15, -0.1) is 0 Å². The number of carbonyl (C=O) groups is 1. The Bertz CT molecular complexity index is 959. The third kappa shape index (κ3) is 2.42. The minimum Gasteiger partial charge on any atom is -0.315 e. The Morgan fingerprint density at radius 1 is 1.08 bits per heavy atom. The van der Waals surface area contributed by atoms with Crippen LogP contribution in [0.2, 0.25) is 0 Å². The normalized spacial score (nSPS) is 23.0. The molecule has 5 nitrogen and oxygen atoms in total. The van der Waals surface area contributed by atoms with Crippen molar-refractivity contribution < 1.29 is 4.79 Å². The first-order valence-electron chi connectivity index (χ1n) is 8.21. The predicted octanol–water partition coefficient (Wildman–Crippen LogP) is 3.60. The summed E-state index contributed by atoms with van der Waals surface area (Å²) < 4.78 is 0. The maximum atomic E-state index is 12.8. The maximum Gasteiger partial charge on any atom is 0.279 e. The summed E-state index contributed by atoms with van der Waals surface area (Å²) in [4.78, 5) is 24.0. The standard InChI is InChI=1S/C19H18N4OS2/c1-11-10-12(2)23-16(20-11)15(13-8-6-5-7-9-13)26-18(23)14-17(24)22(4)19(25)21(14)3/h5-10H,1-4H3/b18-14-. The van der Waals surface area contributed by atoms with Gasteiger partial charge in [-0.1, -0.05) is 42.1 Å². The molecule has 1 saturated heterocycles. The van der Waals surface area contributed by atoms with Crippen LogP contribution in [0.5, 0.6) is 0 Å². The maximum absolute atomic E-state index is 12.8. The number of allylic oxidation sites excluding steroid dienone is 2. The topological polar surface area (TPSA) is 39.2 Å². The van der Waals surface area contributed by atoms with Gasteiger partial charge in [0.15, 0.2) is 10.9 Å². The van der Waals surface area contributed by atoms with Crippen LogP contribution in [0.3, 0.4) is 0 Å². The molecule has 0 aromatic heterocycles. The van der Waals surface area contributed by atoms with E-state index in [1.54, 1.807) is 23.7 Å². The van der Waals surface area contributed by atoms with Crippen LogP contribution in [-0.4, -0.2) is 45.5 Å². The van der Waals surface area contributed by atoms with Crippen LogP contribution >= 0.6 is 24.0 Å². The molecule has 0 aliphatic carbocycles. The Morgan fingerprint density at radius 2 is 1.77 bits per heavy atom. The number of benzene rings is 1. The van der Waals surface area contributed by atoms with Crippen LogP contribution in [0.1, 0.15) is 19.4 Å². The molecule has 3 heterocycles. The average Bonchev–Trinajstić information content (AvgIpc) is 3.08. The molecule has 0 N–H and O–H groups in total. The van der Waals surface area contributed by atoms with Crippen LogP contribution in [0.4, 0.5) is 0 Å². The third-order valence-electron chi connectivity index (χ3n) is 4.52. The smallest absolute Gasteiger partial charge is 0.279 e. The number of thiocarbonyl (C=S) groups is 1. The summed E-state index contributed by atoms with van der Waals surface area (Å²) in [6.45, 7) is 4.02. The van der Waals surface area contributed by atoms with E-state index in [2.05, 4.69) is 17.0 Å². The second-order valence-electron chi connectivity index (χ2n) is 6.35. The van der Waals surface area contributed by atoms with Gasteiger partial charge < -0.3 is 4.90 Å². The predicted molar refractivity (Wildman–Crippen MR) is 110 cm³/mol. The first kappa shape index (κ1) is 17.1. The summed E-state index contributed by atoms with van der Waals surface area (Å²) in [5, 5.41) is 1.36. The molecule has 0 unspecified atom stereocenters. The summed E-state index contributed by atoms with van der Waals surface area (Å²) in [6.07, 6.45) is 2.03. The van der Waals surface area contributed by atoms with Gasteiger partial charge in [-0.25, -0.2) is 4.99 Å². The SMILES string of the molecule is CC1=CC(C)=NC2=C(c3ccccc3)S/C(=C3/C(=O)N(C)C(=S)N3C)N12. The summed E-state index contributed by atoms with van der Waals surface area (Å²) in [6, 6.07) is 10.1. The van der Waals surface area contributed by atoms with Crippen LogP contribution < -0.4 is 0 Å². The molecular formula is C19H18N4OS2. The molecule has 4 rings (SSSR count). The third-order valence-corrected chi connectivity index (χ3v) is 6.26. The number of aliphatic imine (C=N–C) groups is 1. The molecule has 3 aliphatic heterocycles. The number of thioether (sulfide) groups is 1. The van der Waals surface area contributed by atoms with E-state index < -0.39 is 0 Å². The van der Waals surface area contributed by atoms with Gasteiger partial charge >= 0.3 is 0 Å². The van der Waals surface area contributed by atoms with Gasteiger partial charge in [-0.3, -0.25) is 14.6 Å². The van der Waals surface area contributed by atoms with Crippen LogP contribution in [0, 0.1) is 0 Å². The van der Waals surface area contributed by atoms with Crippen molar-refractivity contribution in [1.82, 2.24) is 14.7 Å². The lowest BCUT2D eigenvalue weighted by Gasteiger charge is -2.26. The monoisotopic (exact) mass is 382 g/mol. The molecule has 1 aromatic carbocycles. The molecule has 0 radical (unpaired) electrons. The minimum atomic E-state index is -0.0901. The van der Waals surface area contributed by atoms with Gasteiger partial charge in [-0.2, -0.15) is 0 Å². The van der Waals surface area contributed by atoms with Crippen molar-refractivity contribution in [2.75, 3.05) is 14.1 Å². The minimum absolute atomic E-state index is 0.0901. The number of hydrogen-bond donors (Lipinski definition) is 0. The molecule has 1 amide bonds. The average molecular weight is 383 g/mol. The lowest BCUT2D eigenvalue weighted by molar-refractivity contribution is -0.121. The number of fused-ring (bicyclic) bond motifs is 1. The van der Waals surface area contributed by atoms with Gasteiger partial charge in [-0.05, 0) is 37.7 Å². The Hall–Kier alpha value is -2.38. The summed E-state index contributed by atoms with van der Waals surface area (Å²) in [5.41, 5.74) is 3.67. The zero-order chi connectivity index (χ0) is 18.6. The first-order valence-corrected chi connectivity index (χ1v) is 9.44. The van der Waals surface area contributed by atoms with Gasteiger partial charge in [0.1, 0.15) is 10.7 Å². The van der Waals surface area contributed by atoms with E-state index in [9.17, 15) is 4.79 Å². The van der Waals surface area contributed by atoms with Crippen molar-refractivity contribution in [1.29, 1.82) is 0 Å². The van der Waals surface area contributed by atoms with E-state index >= 15 is 0 Å². The fraction of sp³-hybridized carbons (Fsp3) is 0.211. The highest BCUT2D eigenvalue weighted by Gasteiger charge is 2.42. The van der Waals surface area contributed by atoms with Crippen LogP contribution in [0.25, 0.3) is 4.91 Å². The second kappa shape index (κ2) is 6.10. The Kier molecular flexibility index (Phi) is 4.00. The number of hydrogen-bond acceptors (Lipinski definition) is 5. The summed E-state index contributed by atoms with van der Waals surface area (Å²) in [5.74, 6) is 0.774. The number of amides is 1. The zero-order valence-corrected chi connectivity index (χ0v) is 16.6. The fourth-order valence-corrected chi connectivity index (χ4v) is 4.75. The van der Waals surface area contributed by atoms with E-state index in [0.717, 1.165) is 32.7 Å². The summed E-state index contributed by atoms with van der Waals surface area (Å²) >= 11 is 6.96. The molecule has 26 heavy (non-hydrogen) atoms. The van der Waals surface area contributed by atoms with Crippen molar-refractivity contribution in [3.8, 4) is 0 Å². The molecule has 1 aromatic rings. The van der Waals surface area contributed by atoms with Crippen molar-refractivity contribution in [2.45, 2.75) is 13.8 Å². The first-order chi connectivity index (χ1) is 12.4. The molecule has 132 valence electrons. The molecule has 0 spiro atoms. The number of rotatable bonds is 1. The fourth-order valence-electron chi connectivity index (χ4n) is 3.26. The lowest BCUT2D eigenvalue weighted by atomic mass is 10.2. The highest BCUT2D eigenvalue weighted by atomic mass is 32.2. The number of likely N-dealkylation sites (N-methyl/N-ethyl adjacent to an activating group) is 2. The van der Waals surface area contributed by atoms with E-state index in [-0.39, 0.29) is 5.91 Å². The largest absolute Gasteiger partial charge is 0.315 e. The van der Waals surface area contributed by atoms with E-state index in [0.29, 0.717) is 10.8 Å². The van der Waals surface area contributed by atoms with Crippen LogP contribution in [0.15, 0.2) is 63.6 Å². The molecule has 3 aliphatic rings. The van der Waals surface area contributed by atoms with Crippen molar-refractivity contribution in [3.63, 3.8) is 0 Å². The highest BCUT2D eigenvalue weighted by molar-refractivity contribution is 8.12. The Labute approximate surface area is 162 Å². The van der Waals surface area contributed by atoms with Crippen molar-refractivity contribution in [3.05, 3.63) is 64.2 Å². The highest BCUT2D eigenvalue weighted by Crippen LogP contribution is 2.52. The van der Waals surface area contributed by atoms with E-state index in [1.807, 2.05) is 45.2 Å². The summed E-state index contributed by atoms with van der Waals surface area (Å²) in [7, 11) is 3.55. The van der Waals surface area contributed by atoms with E-state index in [1.165, 1.54) is 4.90 Å². The van der Waals surface area contributed by atoms with Gasteiger partial charge in [0, 0.05) is 25.5 Å². The molecule has 0 atom stereocenters. The van der Waals surface area contributed by atoms with Gasteiger partial charge in [0.2, 0.25) is 0 Å². The Morgan fingerprint density at radius 3 is 2.38 bits per heavy atom. The second-order valence-corrected chi connectivity index (χ2v) is 7.72. The molecule has 1 fully saturated rings. The van der Waals surface area contributed by atoms with Crippen LogP contribution in [-0.2, 0) is 4.79 Å². The molecular weight excluding hydrogens is 364 g/mol. The quantitative estimate of drug-likeness (QED) is 0.548. The Balaban J connectivity index is 1.92. The molecule has 0 bridgehead atoms. The van der Waals surface area contributed by atoms with Gasteiger partial charge in [0.05, 0.1) is 4.91 Å². The zero-order valence-electron chi connectivity index (χ0n) is 15.0. The van der Waals surface area contributed by atoms with Crippen molar-refractivity contribution in [2.24, 2.45) is 4.99 Å². The van der Waals surface area contributed by atoms with Gasteiger partial charge in [0.25, 0.3) is 5.91 Å². The van der Waals surface area contributed by atoms with Crippen molar-refractivity contribution >= 4 is 45.6 Å². The lowest BCUT2D eigenvalue weighted by Crippen LogP contribution is -2.27. The van der Waals surface area contributed by atoms with E-state index in [4.69, 9.17) is 17.2 Å². The number of nitrogens with zero attached hydrogens (tertiary/aromatic N) is 4. The molecule has 0 saturated carbocycles. The molecule has 7 heteroatoms.